The van der Waals surface area contributed by atoms with E-state index in [1.165, 1.54) is 0 Å². The van der Waals surface area contributed by atoms with Gasteiger partial charge in [-0.05, 0) is 6.07 Å². The first kappa shape index (κ1) is 13.2. The maximum Gasteiger partial charge on any atom is 0.248 e. The Hall–Kier alpha value is -2.83. The summed E-state index contributed by atoms with van der Waals surface area (Å²) >= 11 is 0. The fraction of sp³-hybridized carbons (Fsp3) is 0.214. The highest BCUT2D eigenvalue weighted by atomic mass is 16.5. The highest BCUT2D eigenvalue weighted by Gasteiger charge is 2.10. The number of anilines is 1. The Labute approximate surface area is 121 Å². The van der Waals surface area contributed by atoms with E-state index in [-0.39, 0.29) is 0 Å². The third kappa shape index (κ3) is 3.02. The molecule has 0 bridgehead atoms. The van der Waals surface area contributed by atoms with Gasteiger partial charge in [0.05, 0.1) is 19.0 Å². The Kier molecular flexibility index (Phi) is 3.55. The lowest BCUT2D eigenvalue weighted by molar-refractivity contribution is 0.361. The van der Waals surface area contributed by atoms with Gasteiger partial charge in [-0.1, -0.05) is 23.4 Å². The van der Waals surface area contributed by atoms with Crippen LogP contribution in [0.1, 0.15) is 17.3 Å². The van der Waals surface area contributed by atoms with Crippen LogP contribution in [0.3, 0.4) is 0 Å². The average Bonchev–Trinajstić information content (AvgIpc) is 3.09. The van der Waals surface area contributed by atoms with E-state index in [0.29, 0.717) is 30.4 Å². The zero-order chi connectivity index (χ0) is 14.7. The maximum atomic E-state index is 5.61. The van der Waals surface area contributed by atoms with Crippen LogP contribution in [-0.2, 0) is 13.0 Å². The van der Waals surface area contributed by atoms with Crippen LogP contribution >= 0.6 is 0 Å². The van der Waals surface area contributed by atoms with Crippen molar-refractivity contribution in [3.63, 3.8) is 0 Å². The molecular formula is C14H15N5O2. The molecule has 3 rings (SSSR count). The minimum absolute atomic E-state index is 0.399. The summed E-state index contributed by atoms with van der Waals surface area (Å²) in [5.74, 6) is 1.90. The van der Waals surface area contributed by atoms with Gasteiger partial charge in [0.2, 0.25) is 5.89 Å². The molecule has 3 aromatic rings. The summed E-state index contributed by atoms with van der Waals surface area (Å²) < 4.78 is 12.2. The zero-order valence-electron chi connectivity index (χ0n) is 11.6. The Morgan fingerprint density at radius 2 is 2.19 bits per heavy atom. The third-order valence-corrected chi connectivity index (χ3v) is 3.00. The van der Waals surface area contributed by atoms with E-state index >= 15 is 0 Å². The van der Waals surface area contributed by atoms with Gasteiger partial charge in [0, 0.05) is 18.2 Å². The largest absolute Gasteiger partial charge is 0.496 e. The van der Waals surface area contributed by atoms with Crippen molar-refractivity contribution < 1.29 is 9.26 Å². The van der Waals surface area contributed by atoms with Crippen LogP contribution in [0.5, 0.6) is 5.75 Å². The second-order valence-corrected chi connectivity index (χ2v) is 4.56. The number of ether oxygens (including phenoxy) is 1. The predicted molar refractivity (Wildman–Crippen MR) is 75.8 cm³/mol. The van der Waals surface area contributed by atoms with Gasteiger partial charge >= 0.3 is 0 Å². The van der Waals surface area contributed by atoms with E-state index in [4.69, 9.17) is 15.0 Å². The van der Waals surface area contributed by atoms with Gasteiger partial charge in [-0.2, -0.15) is 10.1 Å². The number of hydrogen-bond donors (Lipinski definition) is 1. The van der Waals surface area contributed by atoms with Gasteiger partial charge in [-0.25, -0.2) is 0 Å². The summed E-state index contributed by atoms with van der Waals surface area (Å²) in [6, 6.07) is 7.75. The van der Waals surface area contributed by atoms with Gasteiger partial charge in [0.15, 0.2) is 5.82 Å². The second-order valence-electron chi connectivity index (χ2n) is 4.56. The molecule has 0 fully saturated rings. The molecule has 7 heteroatoms. The molecule has 108 valence electrons. The second kappa shape index (κ2) is 5.66. The van der Waals surface area contributed by atoms with E-state index in [1.54, 1.807) is 24.2 Å². The molecule has 2 heterocycles. The molecule has 2 aromatic heterocycles. The van der Waals surface area contributed by atoms with E-state index in [9.17, 15) is 0 Å². The molecule has 0 aliphatic heterocycles. The summed E-state index contributed by atoms with van der Waals surface area (Å²) in [5.41, 5.74) is 7.22. The summed E-state index contributed by atoms with van der Waals surface area (Å²) in [5, 5.41) is 8.05. The van der Waals surface area contributed by atoms with E-state index < -0.39 is 0 Å². The summed E-state index contributed by atoms with van der Waals surface area (Å²) in [6.07, 6.45) is 3.84. The van der Waals surface area contributed by atoms with Crippen molar-refractivity contribution in [1.82, 2.24) is 19.9 Å². The summed E-state index contributed by atoms with van der Waals surface area (Å²) in [6.45, 7) is 0.399. The highest BCUT2D eigenvalue weighted by molar-refractivity contribution is 5.35. The summed E-state index contributed by atoms with van der Waals surface area (Å²) in [7, 11) is 1.64. The van der Waals surface area contributed by atoms with E-state index in [0.717, 1.165) is 11.3 Å². The lowest BCUT2D eigenvalue weighted by Crippen LogP contribution is -2.01. The topological polar surface area (TPSA) is 92.0 Å². The molecule has 0 unspecified atom stereocenters. The van der Waals surface area contributed by atoms with Crippen molar-refractivity contribution in [3.05, 3.63) is 53.9 Å². The number of aromatic nitrogens is 4. The van der Waals surface area contributed by atoms with Crippen molar-refractivity contribution >= 4 is 5.69 Å². The SMILES string of the molecule is COc1ccccc1Cc1noc(Cn2cc(N)cn2)n1. The first-order valence-electron chi connectivity index (χ1n) is 6.46. The maximum absolute atomic E-state index is 5.61. The lowest BCUT2D eigenvalue weighted by Gasteiger charge is -2.05. The minimum Gasteiger partial charge on any atom is -0.496 e. The molecule has 2 N–H and O–H groups in total. The number of rotatable bonds is 5. The van der Waals surface area contributed by atoms with Crippen LogP contribution in [0.2, 0.25) is 0 Å². The molecule has 0 saturated carbocycles. The Balaban J connectivity index is 1.73. The number of benzene rings is 1. The molecule has 0 amide bonds. The van der Waals surface area contributed by atoms with Gasteiger partial charge in [-0.3, -0.25) is 4.68 Å². The molecule has 21 heavy (non-hydrogen) atoms. The highest BCUT2D eigenvalue weighted by Crippen LogP contribution is 2.19. The van der Waals surface area contributed by atoms with E-state index in [2.05, 4.69) is 15.2 Å². The van der Waals surface area contributed by atoms with Gasteiger partial charge < -0.3 is 15.0 Å². The van der Waals surface area contributed by atoms with E-state index in [1.807, 2.05) is 24.3 Å². The zero-order valence-corrected chi connectivity index (χ0v) is 11.6. The number of nitrogens with zero attached hydrogens (tertiary/aromatic N) is 4. The number of nitrogens with two attached hydrogens (primary N) is 1. The Morgan fingerprint density at radius 1 is 1.33 bits per heavy atom. The smallest absolute Gasteiger partial charge is 0.248 e. The van der Waals surface area contributed by atoms with Crippen LogP contribution in [0.4, 0.5) is 5.69 Å². The normalized spacial score (nSPS) is 10.7. The van der Waals surface area contributed by atoms with Crippen molar-refractivity contribution in [1.29, 1.82) is 0 Å². The Bertz CT molecular complexity index is 734. The molecular weight excluding hydrogens is 270 g/mol. The molecule has 0 aliphatic carbocycles. The van der Waals surface area contributed by atoms with Crippen molar-refractivity contribution in [2.75, 3.05) is 12.8 Å². The third-order valence-electron chi connectivity index (χ3n) is 3.00. The van der Waals surface area contributed by atoms with Crippen LogP contribution in [0.15, 0.2) is 41.2 Å². The number of hydrogen-bond acceptors (Lipinski definition) is 6. The molecule has 1 aromatic carbocycles. The number of methoxy groups -OCH3 is 1. The fourth-order valence-electron chi connectivity index (χ4n) is 2.05. The van der Waals surface area contributed by atoms with Crippen LogP contribution in [-0.4, -0.2) is 27.0 Å². The molecule has 0 radical (unpaired) electrons. The van der Waals surface area contributed by atoms with Crippen molar-refractivity contribution in [2.45, 2.75) is 13.0 Å². The molecule has 0 spiro atoms. The minimum atomic E-state index is 0.399. The number of nitrogen functional groups attached to an aromatic ring is 1. The fourth-order valence-corrected chi connectivity index (χ4v) is 2.05. The quantitative estimate of drug-likeness (QED) is 0.763. The lowest BCUT2D eigenvalue weighted by atomic mass is 10.1. The standard InChI is InChI=1S/C14H15N5O2/c1-20-12-5-3-2-4-10(12)6-13-17-14(21-18-13)9-19-8-11(15)7-16-19/h2-5,7-8H,6,9,15H2,1H3. The Morgan fingerprint density at radius 3 is 2.95 bits per heavy atom. The summed E-state index contributed by atoms with van der Waals surface area (Å²) in [4.78, 5) is 4.35. The molecule has 0 aliphatic rings. The van der Waals surface area contributed by atoms with Crippen LogP contribution in [0, 0.1) is 0 Å². The van der Waals surface area contributed by atoms with Crippen molar-refractivity contribution in [2.24, 2.45) is 0 Å². The molecule has 0 saturated heterocycles. The first-order chi connectivity index (χ1) is 10.2. The van der Waals surface area contributed by atoms with Gasteiger partial charge in [0.1, 0.15) is 12.3 Å². The van der Waals surface area contributed by atoms with Crippen LogP contribution in [0.25, 0.3) is 0 Å². The van der Waals surface area contributed by atoms with Crippen LogP contribution < -0.4 is 10.5 Å². The van der Waals surface area contributed by atoms with Gasteiger partial charge in [0.25, 0.3) is 0 Å². The first-order valence-corrected chi connectivity index (χ1v) is 6.46. The monoisotopic (exact) mass is 285 g/mol. The predicted octanol–water partition coefficient (Wildman–Crippen LogP) is 1.50. The molecule has 7 nitrogen and oxygen atoms in total. The number of para-hydroxylation sites is 1. The average molecular weight is 285 g/mol. The van der Waals surface area contributed by atoms with Crippen molar-refractivity contribution in [3.8, 4) is 5.75 Å². The molecule has 0 atom stereocenters. The van der Waals surface area contributed by atoms with Gasteiger partial charge in [-0.15, -0.1) is 0 Å².